The highest BCUT2D eigenvalue weighted by atomic mass is 32.1. The lowest BCUT2D eigenvalue weighted by molar-refractivity contribution is -0.122. The van der Waals surface area contributed by atoms with Crippen molar-refractivity contribution in [3.8, 4) is 0 Å². The Morgan fingerprint density at radius 2 is 1.12 bits per heavy atom. The van der Waals surface area contributed by atoms with E-state index in [1.165, 1.54) is 0 Å². The maximum absolute atomic E-state index is 12.2. The number of thiol groups is 1. The molecule has 0 spiro atoms. The predicted molar refractivity (Wildman–Crippen MR) is 109 cm³/mol. The van der Waals surface area contributed by atoms with E-state index in [1.54, 1.807) is 0 Å². The quantitative estimate of drug-likeness (QED) is 0.339. The average molecular weight is 362 g/mol. The normalized spacial score (nSPS) is 11.1. The molecule has 0 aliphatic carbocycles. The average Bonchev–Trinajstić information content (AvgIpc) is 2.71. The molecule has 3 aromatic carbocycles. The number of hydrogen-bond donors (Lipinski definition) is 3. The van der Waals surface area contributed by atoms with Gasteiger partial charge in [-0.3, -0.25) is 10.2 Å². The third-order valence-corrected chi connectivity index (χ3v) is 4.57. The number of nitrogens with one attached hydrogen (secondary N) is 2. The van der Waals surface area contributed by atoms with E-state index in [-0.39, 0.29) is 5.91 Å². The first-order valence-corrected chi connectivity index (χ1v) is 9.24. The van der Waals surface area contributed by atoms with Gasteiger partial charge < -0.3 is 0 Å². The molecular formula is C22H22N2OS. The van der Waals surface area contributed by atoms with E-state index in [4.69, 9.17) is 0 Å². The molecule has 26 heavy (non-hydrogen) atoms. The van der Waals surface area contributed by atoms with E-state index in [0.717, 1.165) is 16.7 Å². The van der Waals surface area contributed by atoms with E-state index in [9.17, 15) is 4.79 Å². The van der Waals surface area contributed by atoms with Gasteiger partial charge in [-0.15, -0.1) is 0 Å². The highest BCUT2D eigenvalue weighted by molar-refractivity contribution is 7.80. The van der Waals surface area contributed by atoms with Gasteiger partial charge in [-0.2, -0.15) is 12.6 Å². The van der Waals surface area contributed by atoms with E-state index in [0.29, 0.717) is 12.2 Å². The largest absolute Gasteiger partial charge is 0.290 e. The molecule has 0 aliphatic heterocycles. The minimum atomic E-state index is -0.698. The molecule has 0 aliphatic rings. The van der Waals surface area contributed by atoms with E-state index < -0.39 is 5.54 Å². The minimum absolute atomic E-state index is 0.0906. The Morgan fingerprint density at radius 1 is 0.731 bits per heavy atom. The number of hydrogen-bond acceptors (Lipinski definition) is 3. The Bertz CT molecular complexity index is 726. The number of hydrazine groups is 1. The fourth-order valence-corrected chi connectivity index (χ4v) is 3.31. The zero-order chi connectivity index (χ0) is 18.2. The van der Waals surface area contributed by atoms with Gasteiger partial charge >= 0.3 is 0 Å². The molecule has 132 valence electrons. The summed E-state index contributed by atoms with van der Waals surface area (Å²) in [7, 11) is 0. The Balaban J connectivity index is 2.16. The van der Waals surface area contributed by atoms with Crippen molar-refractivity contribution in [3.63, 3.8) is 0 Å². The number of carbonyl (C=O) groups is 1. The van der Waals surface area contributed by atoms with Crippen LogP contribution in [-0.4, -0.2) is 11.7 Å². The summed E-state index contributed by atoms with van der Waals surface area (Å²) in [5.41, 5.74) is 8.65. The molecule has 4 heteroatoms. The van der Waals surface area contributed by atoms with Crippen molar-refractivity contribution in [1.82, 2.24) is 10.9 Å². The van der Waals surface area contributed by atoms with Gasteiger partial charge in [0, 0.05) is 6.42 Å². The second-order valence-electron chi connectivity index (χ2n) is 5.99. The maximum Gasteiger partial charge on any atom is 0.234 e. The van der Waals surface area contributed by atoms with Crippen LogP contribution in [0.4, 0.5) is 0 Å². The summed E-state index contributed by atoms with van der Waals surface area (Å²) in [5.74, 6) is 0.412. The summed E-state index contributed by atoms with van der Waals surface area (Å²) < 4.78 is 0. The molecule has 0 bridgehead atoms. The van der Waals surface area contributed by atoms with Crippen LogP contribution in [0, 0.1) is 0 Å². The van der Waals surface area contributed by atoms with Crippen LogP contribution in [-0.2, 0) is 10.3 Å². The van der Waals surface area contributed by atoms with Gasteiger partial charge in [-0.1, -0.05) is 91.0 Å². The Kier molecular flexibility index (Phi) is 6.10. The first-order chi connectivity index (χ1) is 12.8. The molecule has 2 N–H and O–H groups in total. The topological polar surface area (TPSA) is 41.1 Å². The molecule has 3 rings (SSSR count). The first-order valence-electron chi connectivity index (χ1n) is 8.61. The summed E-state index contributed by atoms with van der Waals surface area (Å²) in [4.78, 5) is 12.2. The number of carbonyl (C=O) groups excluding carboxylic acids is 1. The Labute approximate surface area is 159 Å². The summed E-state index contributed by atoms with van der Waals surface area (Å²) >= 11 is 4.15. The second kappa shape index (κ2) is 8.70. The van der Waals surface area contributed by atoms with Crippen LogP contribution in [0.15, 0.2) is 91.0 Å². The van der Waals surface area contributed by atoms with Crippen LogP contribution in [0.2, 0.25) is 0 Å². The standard InChI is InChI=1S/C22H22N2OS/c25-21(16-17-26)23-24-22(18-10-4-1-5-11-18,19-12-6-2-7-13-19)20-14-8-3-9-15-20/h1-15,24,26H,16-17H2,(H,23,25). The highest BCUT2D eigenvalue weighted by Crippen LogP contribution is 2.36. The van der Waals surface area contributed by atoms with E-state index >= 15 is 0 Å². The van der Waals surface area contributed by atoms with Gasteiger partial charge in [0.1, 0.15) is 5.54 Å². The summed E-state index contributed by atoms with van der Waals surface area (Å²) in [5, 5.41) is 0. The van der Waals surface area contributed by atoms with Gasteiger partial charge in [0.2, 0.25) is 5.91 Å². The van der Waals surface area contributed by atoms with Gasteiger partial charge in [0.05, 0.1) is 0 Å². The second-order valence-corrected chi connectivity index (χ2v) is 6.44. The zero-order valence-corrected chi connectivity index (χ0v) is 15.3. The summed E-state index contributed by atoms with van der Waals surface area (Å²) in [6, 6.07) is 30.4. The molecule has 0 fully saturated rings. The van der Waals surface area contributed by atoms with Crippen LogP contribution in [0.1, 0.15) is 23.1 Å². The highest BCUT2D eigenvalue weighted by Gasteiger charge is 2.36. The van der Waals surface area contributed by atoms with Crippen LogP contribution >= 0.6 is 12.6 Å². The molecule has 0 radical (unpaired) electrons. The molecule has 1 amide bonds. The predicted octanol–water partition coefficient (Wildman–Crippen LogP) is 3.92. The molecule has 0 saturated heterocycles. The fraction of sp³-hybridized carbons (Fsp3) is 0.136. The lowest BCUT2D eigenvalue weighted by Gasteiger charge is -2.37. The fourth-order valence-electron chi connectivity index (χ4n) is 3.11. The molecule has 0 saturated carbocycles. The van der Waals surface area contributed by atoms with Crippen LogP contribution in [0.5, 0.6) is 0 Å². The smallest absolute Gasteiger partial charge is 0.234 e. The summed E-state index contributed by atoms with van der Waals surface area (Å²) in [6.45, 7) is 0. The molecule has 0 aromatic heterocycles. The van der Waals surface area contributed by atoms with Crippen LogP contribution in [0.25, 0.3) is 0 Å². The lowest BCUT2D eigenvalue weighted by atomic mass is 9.77. The van der Waals surface area contributed by atoms with Crippen LogP contribution in [0.3, 0.4) is 0 Å². The molecule has 0 atom stereocenters. The summed E-state index contributed by atoms with van der Waals surface area (Å²) in [6.07, 6.45) is 0.352. The number of benzene rings is 3. The third kappa shape index (κ3) is 3.82. The van der Waals surface area contributed by atoms with Gasteiger partial charge in [-0.05, 0) is 22.4 Å². The molecule has 0 unspecified atom stereocenters. The Morgan fingerprint density at radius 3 is 1.46 bits per heavy atom. The minimum Gasteiger partial charge on any atom is -0.290 e. The van der Waals surface area contributed by atoms with Crippen LogP contribution < -0.4 is 10.9 Å². The van der Waals surface area contributed by atoms with Crippen molar-refractivity contribution in [3.05, 3.63) is 108 Å². The molecule has 0 heterocycles. The molecule has 3 nitrogen and oxygen atoms in total. The van der Waals surface area contributed by atoms with Crippen molar-refractivity contribution >= 4 is 18.5 Å². The van der Waals surface area contributed by atoms with Crippen molar-refractivity contribution < 1.29 is 4.79 Å². The maximum atomic E-state index is 12.2. The number of rotatable bonds is 7. The monoisotopic (exact) mass is 362 g/mol. The SMILES string of the molecule is O=C(CCS)NNC(c1ccccc1)(c1ccccc1)c1ccccc1. The zero-order valence-electron chi connectivity index (χ0n) is 14.4. The van der Waals surface area contributed by atoms with E-state index in [1.807, 2.05) is 54.6 Å². The molecule has 3 aromatic rings. The van der Waals surface area contributed by atoms with Crippen molar-refractivity contribution in [2.45, 2.75) is 12.0 Å². The first kappa shape index (κ1) is 18.2. The van der Waals surface area contributed by atoms with Crippen molar-refractivity contribution in [2.24, 2.45) is 0 Å². The molecular weight excluding hydrogens is 340 g/mol. The van der Waals surface area contributed by atoms with Crippen molar-refractivity contribution in [2.75, 3.05) is 5.75 Å². The van der Waals surface area contributed by atoms with Gasteiger partial charge in [0.15, 0.2) is 0 Å². The van der Waals surface area contributed by atoms with Gasteiger partial charge in [0.25, 0.3) is 0 Å². The lowest BCUT2D eigenvalue weighted by Crippen LogP contribution is -2.53. The van der Waals surface area contributed by atoms with Gasteiger partial charge in [-0.25, -0.2) is 5.43 Å². The van der Waals surface area contributed by atoms with Crippen molar-refractivity contribution in [1.29, 1.82) is 0 Å². The van der Waals surface area contributed by atoms with E-state index in [2.05, 4.69) is 59.9 Å². The Hall–Kier alpha value is -2.56. The number of amides is 1. The third-order valence-electron chi connectivity index (χ3n) is 4.35.